The van der Waals surface area contributed by atoms with E-state index in [-0.39, 0.29) is 5.82 Å². The number of nitrogens with zero attached hydrogens (tertiary/aromatic N) is 3. The monoisotopic (exact) mass is 249 g/mol. The zero-order valence-electron chi connectivity index (χ0n) is 10.5. The Morgan fingerprint density at radius 2 is 2.22 bits per heavy atom. The fourth-order valence-electron chi connectivity index (χ4n) is 1.63. The standard InChI is InChI=1S/C13H16FN3O/c1-3-12(18)6-10-8-17(16-15-10)11-5-4-9(2)13(14)7-11/h4-5,7-8,12,18H,3,6H2,1-2H3. The summed E-state index contributed by atoms with van der Waals surface area (Å²) in [7, 11) is 0. The summed E-state index contributed by atoms with van der Waals surface area (Å²) in [4.78, 5) is 0. The Kier molecular flexibility index (Phi) is 3.72. The number of hydrogen-bond donors (Lipinski definition) is 1. The van der Waals surface area contributed by atoms with E-state index in [2.05, 4.69) is 10.3 Å². The molecule has 2 rings (SSSR count). The quantitative estimate of drug-likeness (QED) is 0.902. The van der Waals surface area contributed by atoms with Crippen LogP contribution in [0.2, 0.25) is 0 Å². The molecule has 96 valence electrons. The van der Waals surface area contributed by atoms with Gasteiger partial charge in [-0.15, -0.1) is 5.10 Å². The van der Waals surface area contributed by atoms with Crippen molar-refractivity contribution in [2.75, 3.05) is 0 Å². The first-order chi connectivity index (χ1) is 8.60. The first-order valence-corrected chi connectivity index (χ1v) is 5.96. The van der Waals surface area contributed by atoms with Crippen LogP contribution in [0.5, 0.6) is 0 Å². The van der Waals surface area contributed by atoms with Crippen LogP contribution in [0.1, 0.15) is 24.6 Å². The normalized spacial score (nSPS) is 12.7. The molecule has 4 nitrogen and oxygen atoms in total. The molecule has 2 aromatic rings. The molecule has 0 aliphatic heterocycles. The van der Waals surface area contributed by atoms with Gasteiger partial charge < -0.3 is 5.11 Å². The summed E-state index contributed by atoms with van der Waals surface area (Å²) in [6.45, 7) is 3.62. The van der Waals surface area contributed by atoms with E-state index in [0.29, 0.717) is 29.8 Å². The third-order valence-corrected chi connectivity index (χ3v) is 2.88. The number of aromatic nitrogens is 3. The molecule has 0 saturated heterocycles. The average Bonchev–Trinajstić information content (AvgIpc) is 2.81. The Bertz CT molecular complexity index is 539. The van der Waals surface area contributed by atoms with Gasteiger partial charge in [0.2, 0.25) is 0 Å². The summed E-state index contributed by atoms with van der Waals surface area (Å²) in [6, 6.07) is 4.91. The molecule has 1 aromatic heterocycles. The molecule has 1 unspecified atom stereocenters. The number of hydrogen-bond acceptors (Lipinski definition) is 3. The van der Waals surface area contributed by atoms with Crippen LogP contribution in [0.15, 0.2) is 24.4 Å². The molecular weight excluding hydrogens is 233 g/mol. The first kappa shape index (κ1) is 12.7. The van der Waals surface area contributed by atoms with Crippen molar-refractivity contribution in [2.24, 2.45) is 0 Å². The minimum atomic E-state index is -0.412. The number of halogens is 1. The summed E-state index contributed by atoms with van der Waals surface area (Å²) in [5.41, 5.74) is 1.92. The maximum atomic E-state index is 13.4. The largest absolute Gasteiger partial charge is 0.393 e. The zero-order valence-corrected chi connectivity index (χ0v) is 10.5. The van der Waals surface area contributed by atoms with Crippen LogP contribution < -0.4 is 0 Å². The van der Waals surface area contributed by atoms with Gasteiger partial charge in [-0.1, -0.05) is 18.2 Å². The van der Waals surface area contributed by atoms with Gasteiger partial charge in [-0.25, -0.2) is 9.07 Å². The van der Waals surface area contributed by atoms with Gasteiger partial charge in [0.1, 0.15) is 5.82 Å². The second-order valence-corrected chi connectivity index (χ2v) is 4.35. The van der Waals surface area contributed by atoms with Crippen molar-refractivity contribution in [2.45, 2.75) is 32.8 Å². The van der Waals surface area contributed by atoms with E-state index in [1.54, 1.807) is 25.3 Å². The average molecular weight is 249 g/mol. The van der Waals surface area contributed by atoms with Crippen LogP contribution >= 0.6 is 0 Å². The lowest BCUT2D eigenvalue weighted by Crippen LogP contribution is -2.08. The predicted octanol–water partition coefficient (Wildman–Crippen LogP) is 2.03. The van der Waals surface area contributed by atoms with E-state index in [9.17, 15) is 9.50 Å². The molecule has 0 aliphatic carbocycles. The summed E-state index contributed by atoms with van der Waals surface area (Å²) in [5.74, 6) is -0.266. The van der Waals surface area contributed by atoms with E-state index < -0.39 is 6.10 Å². The Balaban J connectivity index is 2.21. The van der Waals surface area contributed by atoms with Gasteiger partial charge in [0, 0.05) is 6.42 Å². The highest BCUT2D eigenvalue weighted by atomic mass is 19.1. The first-order valence-electron chi connectivity index (χ1n) is 5.96. The van der Waals surface area contributed by atoms with E-state index in [0.717, 1.165) is 0 Å². The van der Waals surface area contributed by atoms with Gasteiger partial charge in [0.25, 0.3) is 0 Å². The Labute approximate surface area is 105 Å². The molecular formula is C13H16FN3O. The van der Waals surface area contributed by atoms with Crippen molar-refractivity contribution in [3.63, 3.8) is 0 Å². The maximum Gasteiger partial charge on any atom is 0.128 e. The molecule has 0 aliphatic rings. The zero-order chi connectivity index (χ0) is 13.1. The van der Waals surface area contributed by atoms with E-state index >= 15 is 0 Å². The molecule has 0 amide bonds. The van der Waals surface area contributed by atoms with Crippen molar-refractivity contribution < 1.29 is 9.50 Å². The van der Waals surface area contributed by atoms with Crippen molar-refractivity contribution in [3.8, 4) is 5.69 Å². The van der Waals surface area contributed by atoms with E-state index in [1.165, 1.54) is 10.7 Å². The fraction of sp³-hybridized carbons (Fsp3) is 0.385. The SMILES string of the molecule is CCC(O)Cc1cn(-c2ccc(C)c(F)c2)nn1. The molecule has 0 fully saturated rings. The molecule has 5 heteroatoms. The third-order valence-electron chi connectivity index (χ3n) is 2.88. The second-order valence-electron chi connectivity index (χ2n) is 4.35. The van der Waals surface area contributed by atoms with Crippen LogP contribution in [0.4, 0.5) is 4.39 Å². The number of aryl methyl sites for hydroxylation is 1. The van der Waals surface area contributed by atoms with Gasteiger partial charge >= 0.3 is 0 Å². The fourth-order valence-corrected chi connectivity index (χ4v) is 1.63. The summed E-state index contributed by atoms with van der Waals surface area (Å²) in [6.07, 6.45) is 2.43. The van der Waals surface area contributed by atoms with Crippen molar-refractivity contribution in [1.82, 2.24) is 15.0 Å². The molecule has 1 N–H and O–H groups in total. The van der Waals surface area contributed by atoms with Gasteiger partial charge in [-0.05, 0) is 31.0 Å². The topological polar surface area (TPSA) is 50.9 Å². The molecule has 0 saturated carbocycles. The summed E-state index contributed by atoms with van der Waals surface area (Å²) >= 11 is 0. The lowest BCUT2D eigenvalue weighted by molar-refractivity contribution is 0.169. The molecule has 1 aromatic carbocycles. The minimum absolute atomic E-state index is 0.266. The van der Waals surface area contributed by atoms with Crippen molar-refractivity contribution >= 4 is 0 Å². The number of aliphatic hydroxyl groups excluding tert-OH is 1. The van der Waals surface area contributed by atoms with E-state index in [4.69, 9.17) is 0 Å². The Morgan fingerprint density at radius 3 is 2.89 bits per heavy atom. The van der Waals surface area contributed by atoms with Crippen LogP contribution in [-0.4, -0.2) is 26.2 Å². The number of benzene rings is 1. The molecule has 0 bridgehead atoms. The van der Waals surface area contributed by atoms with Crippen LogP contribution in [0.25, 0.3) is 5.69 Å². The number of aliphatic hydroxyl groups is 1. The lowest BCUT2D eigenvalue weighted by atomic mass is 10.1. The summed E-state index contributed by atoms with van der Waals surface area (Å²) < 4.78 is 14.9. The minimum Gasteiger partial charge on any atom is -0.393 e. The lowest BCUT2D eigenvalue weighted by Gasteiger charge is -2.03. The van der Waals surface area contributed by atoms with Gasteiger partial charge in [0.05, 0.1) is 23.7 Å². The maximum absolute atomic E-state index is 13.4. The predicted molar refractivity (Wildman–Crippen MR) is 66.1 cm³/mol. The second kappa shape index (κ2) is 5.27. The van der Waals surface area contributed by atoms with Crippen molar-refractivity contribution in [1.29, 1.82) is 0 Å². The highest BCUT2D eigenvalue weighted by Crippen LogP contribution is 2.13. The van der Waals surface area contributed by atoms with Gasteiger partial charge in [-0.3, -0.25) is 0 Å². The van der Waals surface area contributed by atoms with E-state index in [1.807, 2.05) is 6.92 Å². The highest BCUT2D eigenvalue weighted by molar-refractivity contribution is 5.34. The third kappa shape index (κ3) is 2.73. The molecule has 18 heavy (non-hydrogen) atoms. The highest BCUT2D eigenvalue weighted by Gasteiger charge is 2.08. The Morgan fingerprint density at radius 1 is 1.44 bits per heavy atom. The van der Waals surface area contributed by atoms with Gasteiger partial charge in [-0.2, -0.15) is 0 Å². The molecule has 1 heterocycles. The summed E-state index contributed by atoms with van der Waals surface area (Å²) in [5, 5.41) is 17.4. The van der Waals surface area contributed by atoms with Gasteiger partial charge in [0.15, 0.2) is 0 Å². The van der Waals surface area contributed by atoms with Crippen LogP contribution in [-0.2, 0) is 6.42 Å². The number of rotatable bonds is 4. The van der Waals surface area contributed by atoms with Crippen LogP contribution in [0.3, 0.4) is 0 Å². The molecule has 1 atom stereocenters. The van der Waals surface area contributed by atoms with Crippen molar-refractivity contribution in [3.05, 3.63) is 41.5 Å². The Hall–Kier alpha value is -1.75. The smallest absolute Gasteiger partial charge is 0.128 e. The molecule has 0 radical (unpaired) electrons. The van der Waals surface area contributed by atoms with Crippen LogP contribution in [0, 0.1) is 12.7 Å². The molecule has 0 spiro atoms.